The van der Waals surface area contributed by atoms with E-state index in [-0.39, 0.29) is 0 Å². The maximum absolute atomic E-state index is 11.9. The highest BCUT2D eigenvalue weighted by Gasteiger charge is 2.23. The van der Waals surface area contributed by atoms with Gasteiger partial charge in [0.15, 0.2) is 12.1 Å². The molecule has 0 aliphatic carbocycles. The van der Waals surface area contributed by atoms with E-state index in [1.807, 2.05) is 48.4 Å². The largest absolute Gasteiger partial charge is 0.386 e. The lowest BCUT2D eigenvalue weighted by molar-refractivity contribution is -0.106. The zero-order valence-corrected chi connectivity index (χ0v) is 14.3. The molecule has 0 saturated carbocycles. The van der Waals surface area contributed by atoms with Gasteiger partial charge in [0, 0.05) is 24.3 Å². The number of hydrogen-bond acceptors (Lipinski definition) is 6. The quantitative estimate of drug-likeness (QED) is 0.729. The summed E-state index contributed by atoms with van der Waals surface area (Å²) in [5.74, 6) is 0.872. The number of benzene rings is 1. The van der Waals surface area contributed by atoms with Crippen molar-refractivity contribution in [3.8, 4) is 0 Å². The number of aromatic nitrogens is 3. The van der Waals surface area contributed by atoms with Crippen LogP contribution in [-0.4, -0.2) is 38.3 Å². The first-order valence-corrected chi connectivity index (χ1v) is 8.27. The molecule has 2 aromatic heterocycles. The first-order chi connectivity index (χ1) is 12.7. The Morgan fingerprint density at radius 3 is 2.88 bits per heavy atom. The van der Waals surface area contributed by atoms with Gasteiger partial charge in [0.1, 0.15) is 11.5 Å². The third-order valence-corrected chi connectivity index (χ3v) is 4.29. The Labute approximate surface area is 150 Å². The summed E-state index contributed by atoms with van der Waals surface area (Å²) < 4.78 is 1.58. The van der Waals surface area contributed by atoms with Gasteiger partial charge in [-0.3, -0.25) is 9.78 Å². The molecular formula is C19H18N6O. The minimum absolute atomic E-state index is 0.376. The Morgan fingerprint density at radius 2 is 2.12 bits per heavy atom. The van der Waals surface area contributed by atoms with E-state index in [1.54, 1.807) is 17.1 Å². The fraction of sp³-hybridized carbons (Fsp3) is 0.158. The molecule has 0 atom stereocenters. The average Bonchev–Trinajstić information content (AvgIpc) is 3.08. The highest BCUT2D eigenvalue weighted by atomic mass is 16.1. The minimum Gasteiger partial charge on any atom is -0.386 e. The van der Waals surface area contributed by atoms with Gasteiger partial charge in [0.2, 0.25) is 0 Å². The average molecular weight is 346 g/mol. The van der Waals surface area contributed by atoms with Gasteiger partial charge in [-0.05, 0) is 24.1 Å². The Hall–Kier alpha value is -3.48. The second-order valence-corrected chi connectivity index (χ2v) is 6.24. The molecule has 2 N–H and O–H groups in total. The predicted molar refractivity (Wildman–Crippen MR) is 100 cm³/mol. The molecule has 1 aliphatic heterocycles. The van der Waals surface area contributed by atoms with E-state index in [9.17, 15) is 4.79 Å². The minimum atomic E-state index is 0.376. The zero-order valence-electron chi connectivity index (χ0n) is 14.3. The van der Waals surface area contributed by atoms with Gasteiger partial charge in [-0.25, -0.2) is 9.67 Å². The number of fused-ring (bicyclic) bond motifs is 1. The van der Waals surface area contributed by atoms with Crippen LogP contribution in [0, 0.1) is 6.92 Å². The molecule has 7 heteroatoms. The second kappa shape index (κ2) is 6.44. The number of allylic oxidation sites excluding steroid dienone is 1. The van der Waals surface area contributed by atoms with Crippen LogP contribution >= 0.6 is 0 Å². The maximum Gasteiger partial charge on any atom is 0.182 e. The number of para-hydroxylation sites is 1. The van der Waals surface area contributed by atoms with Crippen molar-refractivity contribution in [3.05, 3.63) is 65.7 Å². The number of amidine groups is 1. The zero-order chi connectivity index (χ0) is 18.1. The summed E-state index contributed by atoms with van der Waals surface area (Å²) in [5.41, 5.74) is 9.41. The fourth-order valence-corrected chi connectivity index (χ4v) is 3.12. The van der Waals surface area contributed by atoms with E-state index in [4.69, 9.17) is 5.73 Å². The van der Waals surface area contributed by atoms with Crippen molar-refractivity contribution >= 4 is 28.8 Å². The van der Waals surface area contributed by atoms with E-state index >= 15 is 0 Å². The van der Waals surface area contributed by atoms with Crippen LogP contribution in [0.4, 0.5) is 0 Å². The van der Waals surface area contributed by atoms with Gasteiger partial charge in [0.05, 0.1) is 18.3 Å². The van der Waals surface area contributed by atoms with Crippen molar-refractivity contribution in [2.75, 3.05) is 6.54 Å². The second-order valence-electron chi connectivity index (χ2n) is 6.24. The van der Waals surface area contributed by atoms with Gasteiger partial charge in [0.25, 0.3) is 0 Å². The normalized spacial score (nSPS) is 14.7. The molecule has 0 saturated heterocycles. The Morgan fingerprint density at radius 1 is 1.27 bits per heavy atom. The molecule has 4 rings (SSSR count). The molecule has 0 fully saturated rings. The molecule has 3 aromatic rings. The van der Waals surface area contributed by atoms with Gasteiger partial charge >= 0.3 is 0 Å². The number of carbonyl (C=O) groups is 1. The van der Waals surface area contributed by atoms with Crippen LogP contribution in [0.2, 0.25) is 0 Å². The number of nitrogens with zero attached hydrogens (tertiary/aromatic N) is 5. The Balaban J connectivity index is 1.77. The SMILES string of the molecule is Cc1cnn(C2=C(C=O)N(Cc3cccc4cccnc34)CC(N)=N2)c1. The van der Waals surface area contributed by atoms with Crippen LogP contribution in [0.15, 0.2) is 59.6 Å². The van der Waals surface area contributed by atoms with Crippen molar-refractivity contribution in [1.82, 2.24) is 19.7 Å². The molecule has 130 valence electrons. The van der Waals surface area contributed by atoms with E-state index in [0.717, 1.165) is 28.3 Å². The molecule has 7 nitrogen and oxygen atoms in total. The topological polar surface area (TPSA) is 89.4 Å². The van der Waals surface area contributed by atoms with E-state index in [0.29, 0.717) is 30.4 Å². The monoisotopic (exact) mass is 346 g/mol. The maximum atomic E-state index is 11.9. The van der Waals surface area contributed by atoms with E-state index in [1.165, 1.54) is 0 Å². The summed E-state index contributed by atoms with van der Waals surface area (Å²) >= 11 is 0. The first kappa shape index (κ1) is 16.0. The van der Waals surface area contributed by atoms with Crippen molar-refractivity contribution in [2.24, 2.45) is 10.7 Å². The molecule has 0 amide bonds. The van der Waals surface area contributed by atoms with Gasteiger partial charge in [-0.1, -0.05) is 24.3 Å². The van der Waals surface area contributed by atoms with Crippen LogP contribution in [0.3, 0.4) is 0 Å². The Kier molecular flexibility index (Phi) is 3.96. The fourth-order valence-electron chi connectivity index (χ4n) is 3.12. The summed E-state index contributed by atoms with van der Waals surface area (Å²) in [6, 6.07) is 9.95. The van der Waals surface area contributed by atoms with Crippen molar-refractivity contribution < 1.29 is 4.79 Å². The van der Waals surface area contributed by atoms with Gasteiger partial charge in [-0.15, -0.1) is 0 Å². The number of hydrogen-bond donors (Lipinski definition) is 1. The third kappa shape index (κ3) is 2.83. The molecule has 26 heavy (non-hydrogen) atoms. The molecule has 3 heterocycles. The lowest BCUT2D eigenvalue weighted by atomic mass is 10.1. The highest BCUT2D eigenvalue weighted by molar-refractivity contribution is 5.94. The molecule has 0 radical (unpaired) electrons. The number of aliphatic imine (C=N–C) groups is 1. The number of nitrogens with two attached hydrogens (primary N) is 1. The van der Waals surface area contributed by atoms with Crippen LogP contribution in [0.5, 0.6) is 0 Å². The summed E-state index contributed by atoms with van der Waals surface area (Å²) in [6.07, 6.45) is 6.11. The standard InChI is InChI=1S/C19H18N6O/c1-13-8-22-25(9-13)19-16(12-26)24(11-17(20)23-19)10-15-5-2-4-14-6-3-7-21-18(14)15/h2-9,12H,10-11H2,1H3,(H2,20,23). The van der Waals surface area contributed by atoms with Crippen molar-refractivity contribution in [1.29, 1.82) is 0 Å². The van der Waals surface area contributed by atoms with Crippen LogP contribution in [0.25, 0.3) is 16.7 Å². The van der Waals surface area contributed by atoms with Crippen LogP contribution in [0.1, 0.15) is 11.1 Å². The number of rotatable bonds is 4. The number of carbonyl (C=O) groups excluding carboxylic acids is 1. The first-order valence-electron chi connectivity index (χ1n) is 8.27. The lowest BCUT2D eigenvalue weighted by Gasteiger charge is -2.29. The molecular weight excluding hydrogens is 328 g/mol. The molecule has 1 aromatic carbocycles. The van der Waals surface area contributed by atoms with Crippen molar-refractivity contribution in [2.45, 2.75) is 13.5 Å². The summed E-state index contributed by atoms with van der Waals surface area (Å²) in [4.78, 5) is 22.6. The number of pyridine rings is 1. The van der Waals surface area contributed by atoms with Gasteiger partial charge < -0.3 is 10.6 Å². The van der Waals surface area contributed by atoms with E-state index < -0.39 is 0 Å². The highest BCUT2D eigenvalue weighted by Crippen LogP contribution is 2.24. The molecule has 0 spiro atoms. The lowest BCUT2D eigenvalue weighted by Crippen LogP contribution is -2.38. The van der Waals surface area contributed by atoms with Crippen molar-refractivity contribution in [3.63, 3.8) is 0 Å². The summed E-state index contributed by atoms with van der Waals surface area (Å²) in [7, 11) is 0. The summed E-state index contributed by atoms with van der Waals surface area (Å²) in [5, 5.41) is 5.32. The predicted octanol–water partition coefficient (Wildman–Crippen LogP) is 1.94. The van der Waals surface area contributed by atoms with Crippen LogP contribution < -0.4 is 5.73 Å². The number of aryl methyl sites for hydroxylation is 1. The van der Waals surface area contributed by atoms with E-state index in [2.05, 4.69) is 15.1 Å². The smallest absolute Gasteiger partial charge is 0.182 e. The van der Waals surface area contributed by atoms with Gasteiger partial charge in [-0.2, -0.15) is 5.10 Å². The van der Waals surface area contributed by atoms with Crippen LogP contribution in [-0.2, 0) is 11.3 Å². The molecule has 0 bridgehead atoms. The Bertz CT molecular complexity index is 1040. The number of aldehydes is 1. The molecule has 0 unspecified atom stereocenters. The molecule has 1 aliphatic rings. The summed E-state index contributed by atoms with van der Waals surface area (Å²) in [6.45, 7) is 2.81. The third-order valence-electron chi connectivity index (χ3n) is 4.29.